The number of nitrogens with zero attached hydrogens (tertiary/aromatic N) is 1. The van der Waals surface area contributed by atoms with Crippen molar-refractivity contribution >= 4 is 26.8 Å². The first-order chi connectivity index (χ1) is 13.0. The molecular weight excluding hydrogens is 414 g/mol. The van der Waals surface area contributed by atoms with Crippen LogP contribution in [0.4, 0.5) is 0 Å². The number of ether oxygens (including phenoxy) is 2. The van der Waals surface area contributed by atoms with Crippen molar-refractivity contribution in [1.29, 1.82) is 0 Å². The van der Waals surface area contributed by atoms with Crippen LogP contribution in [-0.2, 0) is 6.54 Å². The molecule has 7 heteroatoms. The van der Waals surface area contributed by atoms with Crippen molar-refractivity contribution in [1.82, 2.24) is 4.57 Å². The SMILES string of the molecule is COc1ccc(OCCCCn2c(=O)oc(=O)c3cc(C)cc(Br)c32)cc1. The zero-order chi connectivity index (χ0) is 19.4. The van der Waals surface area contributed by atoms with Gasteiger partial charge < -0.3 is 13.9 Å². The first-order valence-electron chi connectivity index (χ1n) is 8.60. The Morgan fingerprint density at radius 1 is 1.07 bits per heavy atom. The Morgan fingerprint density at radius 3 is 2.48 bits per heavy atom. The fourth-order valence-corrected chi connectivity index (χ4v) is 3.67. The van der Waals surface area contributed by atoms with Gasteiger partial charge in [0.25, 0.3) is 0 Å². The monoisotopic (exact) mass is 433 g/mol. The molecule has 0 saturated carbocycles. The third kappa shape index (κ3) is 4.42. The summed E-state index contributed by atoms with van der Waals surface area (Å²) in [5, 5.41) is 0.399. The number of aryl methyl sites for hydroxylation is 2. The highest BCUT2D eigenvalue weighted by atomic mass is 79.9. The van der Waals surface area contributed by atoms with Gasteiger partial charge in [-0.2, -0.15) is 0 Å². The van der Waals surface area contributed by atoms with Crippen LogP contribution >= 0.6 is 15.9 Å². The smallest absolute Gasteiger partial charge is 0.422 e. The zero-order valence-corrected chi connectivity index (χ0v) is 16.7. The fourth-order valence-electron chi connectivity index (χ4n) is 2.88. The molecule has 142 valence electrons. The normalized spacial score (nSPS) is 10.9. The molecule has 0 bridgehead atoms. The van der Waals surface area contributed by atoms with Crippen molar-refractivity contribution in [2.45, 2.75) is 26.3 Å². The standard InChI is InChI=1S/C20H20BrNO5/c1-13-11-16-18(17(21)12-13)22(20(24)27-19(16)23)9-3-4-10-26-15-7-5-14(25-2)6-8-15/h5-8,11-12H,3-4,9-10H2,1-2H3. The van der Waals surface area contributed by atoms with E-state index in [4.69, 9.17) is 13.9 Å². The van der Waals surface area contributed by atoms with E-state index in [0.717, 1.165) is 23.5 Å². The molecule has 0 atom stereocenters. The molecule has 0 aliphatic heterocycles. The summed E-state index contributed by atoms with van der Waals surface area (Å²) in [6, 6.07) is 11.0. The Morgan fingerprint density at radius 2 is 1.78 bits per heavy atom. The van der Waals surface area contributed by atoms with Gasteiger partial charge in [-0.1, -0.05) is 0 Å². The summed E-state index contributed by atoms with van der Waals surface area (Å²) in [6.45, 7) is 2.85. The van der Waals surface area contributed by atoms with Crippen molar-refractivity contribution in [2.24, 2.45) is 0 Å². The molecule has 6 nitrogen and oxygen atoms in total. The molecule has 3 aromatic rings. The first-order valence-corrected chi connectivity index (χ1v) is 9.39. The lowest BCUT2D eigenvalue weighted by molar-refractivity contribution is 0.300. The average molecular weight is 434 g/mol. The minimum atomic E-state index is -0.645. The van der Waals surface area contributed by atoms with E-state index in [9.17, 15) is 9.59 Å². The van der Waals surface area contributed by atoms with E-state index in [1.807, 2.05) is 37.3 Å². The average Bonchev–Trinajstić information content (AvgIpc) is 2.64. The minimum absolute atomic E-state index is 0.399. The maximum Gasteiger partial charge on any atom is 0.422 e. The van der Waals surface area contributed by atoms with Crippen LogP contribution in [-0.4, -0.2) is 18.3 Å². The minimum Gasteiger partial charge on any atom is -0.497 e. The first kappa shape index (κ1) is 19.2. The van der Waals surface area contributed by atoms with Gasteiger partial charge in [-0.25, -0.2) is 9.59 Å². The molecule has 1 heterocycles. The second kappa shape index (κ2) is 8.43. The highest BCUT2D eigenvalue weighted by Gasteiger charge is 2.13. The molecule has 0 spiro atoms. The van der Waals surface area contributed by atoms with E-state index in [2.05, 4.69) is 15.9 Å². The number of methoxy groups -OCH3 is 1. The van der Waals surface area contributed by atoms with Crippen molar-refractivity contribution in [3.63, 3.8) is 0 Å². The van der Waals surface area contributed by atoms with Crippen molar-refractivity contribution in [3.05, 3.63) is 67.4 Å². The predicted octanol–water partition coefficient (Wildman–Crippen LogP) is 3.89. The summed E-state index contributed by atoms with van der Waals surface area (Å²) in [6.07, 6.45) is 1.46. The fraction of sp³-hybridized carbons (Fsp3) is 0.300. The second-order valence-corrected chi connectivity index (χ2v) is 7.04. The summed E-state index contributed by atoms with van der Waals surface area (Å²) in [7, 11) is 1.62. The van der Waals surface area contributed by atoms with Gasteiger partial charge in [0.05, 0.1) is 24.6 Å². The summed E-state index contributed by atoms with van der Waals surface area (Å²) in [5.74, 6) is 0.899. The molecular formula is C20H20BrNO5. The summed E-state index contributed by atoms with van der Waals surface area (Å²) in [5.41, 5.74) is 0.871. The van der Waals surface area contributed by atoms with Gasteiger partial charge in [-0.3, -0.25) is 4.57 Å². The summed E-state index contributed by atoms with van der Waals surface area (Å²) < 4.78 is 17.9. The molecule has 27 heavy (non-hydrogen) atoms. The van der Waals surface area contributed by atoms with E-state index in [1.165, 1.54) is 4.57 Å². The van der Waals surface area contributed by atoms with Gasteiger partial charge in [0, 0.05) is 11.0 Å². The molecule has 0 amide bonds. The molecule has 1 aromatic heterocycles. The number of hydrogen-bond donors (Lipinski definition) is 0. The molecule has 2 aromatic carbocycles. The van der Waals surface area contributed by atoms with Crippen LogP contribution in [0.2, 0.25) is 0 Å². The van der Waals surface area contributed by atoms with Crippen LogP contribution in [0.5, 0.6) is 11.5 Å². The number of fused-ring (bicyclic) bond motifs is 1. The highest BCUT2D eigenvalue weighted by molar-refractivity contribution is 9.10. The van der Waals surface area contributed by atoms with Crippen LogP contribution in [0.3, 0.4) is 0 Å². The van der Waals surface area contributed by atoms with Gasteiger partial charge in [0.1, 0.15) is 11.5 Å². The molecule has 0 radical (unpaired) electrons. The van der Waals surface area contributed by atoms with E-state index in [0.29, 0.717) is 34.9 Å². The molecule has 0 saturated heterocycles. The Hall–Kier alpha value is -2.54. The summed E-state index contributed by atoms with van der Waals surface area (Å²) >= 11 is 3.46. The third-order valence-corrected chi connectivity index (χ3v) is 4.81. The Balaban J connectivity index is 1.66. The van der Waals surface area contributed by atoms with Crippen molar-refractivity contribution < 1.29 is 13.9 Å². The lowest BCUT2D eigenvalue weighted by atomic mass is 10.1. The Kier molecular flexibility index (Phi) is 6.01. The lowest BCUT2D eigenvalue weighted by Crippen LogP contribution is -2.25. The van der Waals surface area contributed by atoms with Gasteiger partial charge >= 0.3 is 11.4 Å². The second-order valence-electron chi connectivity index (χ2n) is 6.18. The Bertz CT molecular complexity index is 1050. The molecule has 0 unspecified atom stereocenters. The van der Waals surface area contributed by atoms with Crippen LogP contribution in [0.15, 0.2) is 54.9 Å². The third-order valence-electron chi connectivity index (χ3n) is 4.20. The maximum absolute atomic E-state index is 12.2. The largest absolute Gasteiger partial charge is 0.497 e. The number of unbranched alkanes of at least 4 members (excludes halogenated alkanes) is 1. The van der Waals surface area contributed by atoms with Crippen LogP contribution in [0.25, 0.3) is 10.9 Å². The molecule has 3 rings (SSSR count). The highest BCUT2D eigenvalue weighted by Crippen LogP contribution is 2.23. The van der Waals surface area contributed by atoms with E-state index < -0.39 is 11.4 Å². The van der Waals surface area contributed by atoms with Gasteiger partial charge in [0.2, 0.25) is 0 Å². The lowest BCUT2D eigenvalue weighted by Gasteiger charge is -2.11. The van der Waals surface area contributed by atoms with E-state index >= 15 is 0 Å². The zero-order valence-electron chi connectivity index (χ0n) is 15.2. The van der Waals surface area contributed by atoms with Crippen LogP contribution < -0.4 is 20.9 Å². The topological polar surface area (TPSA) is 70.7 Å². The quantitative estimate of drug-likeness (QED) is 0.528. The van der Waals surface area contributed by atoms with E-state index in [1.54, 1.807) is 13.2 Å². The number of rotatable bonds is 7. The predicted molar refractivity (Wildman–Crippen MR) is 107 cm³/mol. The summed E-state index contributed by atoms with van der Waals surface area (Å²) in [4.78, 5) is 24.2. The number of hydrogen-bond acceptors (Lipinski definition) is 5. The van der Waals surface area contributed by atoms with E-state index in [-0.39, 0.29) is 0 Å². The van der Waals surface area contributed by atoms with Crippen molar-refractivity contribution in [3.8, 4) is 11.5 Å². The van der Waals surface area contributed by atoms with Crippen LogP contribution in [0, 0.1) is 6.92 Å². The van der Waals surface area contributed by atoms with Crippen molar-refractivity contribution in [2.75, 3.05) is 13.7 Å². The molecule has 0 N–H and O–H groups in total. The molecule has 0 aliphatic carbocycles. The molecule has 0 fully saturated rings. The molecule has 0 aliphatic rings. The van der Waals surface area contributed by atoms with Gasteiger partial charge in [0.15, 0.2) is 0 Å². The Labute approximate surface area is 164 Å². The number of aromatic nitrogens is 1. The van der Waals surface area contributed by atoms with Gasteiger partial charge in [-0.15, -0.1) is 0 Å². The maximum atomic E-state index is 12.2. The number of benzene rings is 2. The number of halogens is 1. The van der Waals surface area contributed by atoms with Gasteiger partial charge in [-0.05, 0) is 77.7 Å². The van der Waals surface area contributed by atoms with Crippen LogP contribution in [0.1, 0.15) is 18.4 Å².